The van der Waals surface area contributed by atoms with Crippen molar-refractivity contribution in [2.45, 2.75) is 37.9 Å². The monoisotopic (exact) mass is 250 g/mol. The Morgan fingerprint density at radius 2 is 2.00 bits per heavy atom. The third kappa shape index (κ3) is 2.76. The van der Waals surface area contributed by atoms with Crippen molar-refractivity contribution < 1.29 is 13.2 Å². The number of hydrogen-bond donors (Lipinski definition) is 1. The van der Waals surface area contributed by atoms with Crippen LogP contribution >= 0.6 is 0 Å². The van der Waals surface area contributed by atoms with Crippen LogP contribution in [0.3, 0.4) is 0 Å². The average molecular weight is 250 g/mol. The first kappa shape index (κ1) is 13.1. The first-order valence-corrected chi connectivity index (χ1v) is 6.38. The number of fused-ring (bicyclic) bond motifs is 2. The van der Waals surface area contributed by atoms with E-state index in [1.54, 1.807) is 7.05 Å². The van der Waals surface area contributed by atoms with E-state index in [0.29, 0.717) is 18.4 Å². The molecule has 2 aliphatic rings. The van der Waals surface area contributed by atoms with Gasteiger partial charge in [-0.05, 0) is 44.1 Å². The number of nitrogens with two attached hydrogens (primary N) is 1. The van der Waals surface area contributed by atoms with Crippen LogP contribution in [0.15, 0.2) is 0 Å². The maximum absolute atomic E-state index is 12.7. The van der Waals surface area contributed by atoms with Gasteiger partial charge in [-0.25, -0.2) is 0 Å². The molecule has 0 radical (unpaired) electrons. The van der Waals surface area contributed by atoms with Gasteiger partial charge in [-0.2, -0.15) is 13.2 Å². The molecule has 4 atom stereocenters. The largest absolute Gasteiger partial charge is 0.405 e. The van der Waals surface area contributed by atoms with Crippen LogP contribution in [0.2, 0.25) is 0 Å². The quantitative estimate of drug-likeness (QED) is 0.829. The van der Waals surface area contributed by atoms with Gasteiger partial charge in [-0.1, -0.05) is 6.42 Å². The SMILES string of the molecule is CN(CC1CC2CCC1C2)C(CN)C(F)(F)F. The van der Waals surface area contributed by atoms with Crippen LogP contribution in [-0.2, 0) is 0 Å². The van der Waals surface area contributed by atoms with Gasteiger partial charge < -0.3 is 5.73 Å². The Bertz CT molecular complexity index is 267. The molecule has 2 bridgehead atoms. The summed E-state index contributed by atoms with van der Waals surface area (Å²) in [4.78, 5) is 1.41. The fraction of sp³-hybridized carbons (Fsp3) is 1.00. The summed E-state index contributed by atoms with van der Waals surface area (Å²) in [7, 11) is 1.55. The third-order valence-electron chi connectivity index (χ3n) is 4.54. The van der Waals surface area contributed by atoms with Crippen molar-refractivity contribution in [3.05, 3.63) is 0 Å². The van der Waals surface area contributed by atoms with E-state index >= 15 is 0 Å². The van der Waals surface area contributed by atoms with E-state index in [0.717, 1.165) is 12.3 Å². The van der Waals surface area contributed by atoms with Gasteiger partial charge in [0.25, 0.3) is 0 Å². The fourth-order valence-corrected chi connectivity index (χ4v) is 3.66. The van der Waals surface area contributed by atoms with Gasteiger partial charge in [0, 0.05) is 13.1 Å². The fourth-order valence-electron chi connectivity index (χ4n) is 3.66. The summed E-state index contributed by atoms with van der Waals surface area (Å²) in [6.07, 6.45) is 0.635. The van der Waals surface area contributed by atoms with Gasteiger partial charge in [-0.3, -0.25) is 4.90 Å². The maximum Gasteiger partial charge on any atom is 0.405 e. The summed E-state index contributed by atoms with van der Waals surface area (Å²) in [6.45, 7) is 0.198. The maximum atomic E-state index is 12.7. The molecule has 2 N–H and O–H groups in total. The van der Waals surface area contributed by atoms with Crippen LogP contribution in [0.25, 0.3) is 0 Å². The number of rotatable bonds is 4. The lowest BCUT2D eigenvalue weighted by atomic mass is 9.88. The highest BCUT2D eigenvalue weighted by Crippen LogP contribution is 2.48. The Labute approximate surface area is 100 Å². The third-order valence-corrected chi connectivity index (χ3v) is 4.54. The summed E-state index contributed by atoms with van der Waals surface area (Å²) in [5.41, 5.74) is 5.25. The minimum atomic E-state index is -4.21. The van der Waals surface area contributed by atoms with Crippen molar-refractivity contribution in [1.29, 1.82) is 0 Å². The normalized spacial score (nSPS) is 34.6. The van der Waals surface area contributed by atoms with Crippen LogP contribution in [0.1, 0.15) is 25.7 Å². The molecule has 0 heterocycles. The van der Waals surface area contributed by atoms with Gasteiger partial charge >= 0.3 is 6.18 Å². The van der Waals surface area contributed by atoms with Crippen molar-refractivity contribution in [2.75, 3.05) is 20.1 Å². The topological polar surface area (TPSA) is 29.3 Å². The second kappa shape index (κ2) is 4.76. The molecule has 2 nitrogen and oxygen atoms in total. The summed E-state index contributed by atoms with van der Waals surface area (Å²) in [5.74, 6) is 1.89. The first-order valence-electron chi connectivity index (χ1n) is 6.38. The summed E-state index contributed by atoms with van der Waals surface area (Å²) >= 11 is 0. The van der Waals surface area contributed by atoms with Crippen LogP contribution < -0.4 is 5.73 Å². The number of halogens is 3. The van der Waals surface area contributed by atoms with Gasteiger partial charge in [0.15, 0.2) is 0 Å². The number of nitrogens with zero attached hydrogens (tertiary/aromatic N) is 1. The lowest BCUT2D eigenvalue weighted by molar-refractivity contribution is -0.179. The molecule has 2 saturated carbocycles. The summed E-state index contributed by atoms with van der Waals surface area (Å²) in [5, 5.41) is 0. The minimum Gasteiger partial charge on any atom is -0.329 e. The predicted molar refractivity (Wildman–Crippen MR) is 60.5 cm³/mol. The van der Waals surface area contributed by atoms with Crippen LogP contribution in [0.5, 0.6) is 0 Å². The highest BCUT2D eigenvalue weighted by Gasteiger charge is 2.44. The molecule has 17 heavy (non-hydrogen) atoms. The number of hydrogen-bond acceptors (Lipinski definition) is 2. The summed E-state index contributed by atoms with van der Waals surface area (Å²) in [6, 6.07) is -1.48. The van der Waals surface area contributed by atoms with Crippen molar-refractivity contribution in [3.8, 4) is 0 Å². The minimum absolute atomic E-state index is 0.346. The molecule has 0 aromatic rings. The van der Waals surface area contributed by atoms with Crippen LogP contribution in [0.4, 0.5) is 13.2 Å². The van der Waals surface area contributed by atoms with E-state index in [4.69, 9.17) is 5.73 Å². The number of alkyl halides is 3. The molecule has 5 heteroatoms. The number of likely N-dealkylation sites (N-methyl/N-ethyl adjacent to an activating group) is 1. The molecule has 0 aliphatic heterocycles. The van der Waals surface area contributed by atoms with E-state index < -0.39 is 12.2 Å². The van der Waals surface area contributed by atoms with Gasteiger partial charge in [0.2, 0.25) is 0 Å². The Kier molecular flexibility index (Phi) is 3.69. The molecular formula is C12H21F3N2. The second-order valence-electron chi connectivity index (χ2n) is 5.67. The Morgan fingerprint density at radius 3 is 2.41 bits per heavy atom. The van der Waals surface area contributed by atoms with Gasteiger partial charge in [-0.15, -0.1) is 0 Å². The van der Waals surface area contributed by atoms with Crippen LogP contribution in [0, 0.1) is 17.8 Å². The van der Waals surface area contributed by atoms with Gasteiger partial charge in [0.1, 0.15) is 6.04 Å². The zero-order valence-electron chi connectivity index (χ0n) is 10.2. The zero-order chi connectivity index (χ0) is 12.6. The van der Waals surface area contributed by atoms with E-state index in [2.05, 4.69) is 0 Å². The van der Waals surface area contributed by atoms with Crippen molar-refractivity contribution in [2.24, 2.45) is 23.5 Å². The molecule has 2 aliphatic carbocycles. The molecule has 0 aromatic carbocycles. The molecule has 0 spiro atoms. The molecule has 100 valence electrons. The highest BCUT2D eigenvalue weighted by molar-refractivity contribution is 4.92. The van der Waals surface area contributed by atoms with Crippen LogP contribution in [-0.4, -0.2) is 37.3 Å². The lowest BCUT2D eigenvalue weighted by Gasteiger charge is -2.33. The molecule has 4 unspecified atom stereocenters. The van der Waals surface area contributed by atoms with E-state index in [-0.39, 0.29) is 6.54 Å². The van der Waals surface area contributed by atoms with E-state index in [1.807, 2.05) is 0 Å². The second-order valence-corrected chi connectivity index (χ2v) is 5.67. The van der Waals surface area contributed by atoms with Crippen molar-refractivity contribution in [3.63, 3.8) is 0 Å². The van der Waals surface area contributed by atoms with E-state index in [9.17, 15) is 13.2 Å². The molecule has 0 saturated heterocycles. The lowest BCUT2D eigenvalue weighted by Crippen LogP contribution is -2.50. The Hall–Kier alpha value is -0.290. The molecule has 0 amide bonds. The molecular weight excluding hydrogens is 229 g/mol. The zero-order valence-corrected chi connectivity index (χ0v) is 10.2. The average Bonchev–Trinajstić information content (AvgIpc) is 2.77. The van der Waals surface area contributed by atoms with Crippen molar-refractivity contribution >= 4 is 0 Å². The molecule has 2 fully saturated rings. The highest BCUT2D eigenvalue weighted by atomic mass is 19.4. The van der Waals surface area contributed by atoms with Gasteiger partial charge in [0.05, 0.1) is 0 Å². The molecule has 0 aromatic heterocycles. The molecule has 2 rings (SSSR count). The van der Waals surface area contributed by atoms with E-state index in [1.165, 1.54) is 24.2 Å². The standard InChI is InChI=1S/C12H21F3N2/c1-17(11(6-16)12(13,14)15)7-10-5-8-2-3-9(10)4-8/h8-11H,2-7,16H2,1H3. The summed E-state index contributed by atoms with van der Waals surface area (Å²) < 4.78 is 38.1. The predicted octanol–water partition coefficient (Wildman–Crippen LogP) is 2.24. The van der Waals surface area contributed by atoms with Crippen molar-refractivity contribution in [1.82, 2.24) is 4.90 Å². The Balaban J connectivity index is 1.90. The smallest absolute Gasteiger partial charge is 0.329 e. The Morgan fingerprint density at radius 1 is 1.29 bits per heavy atom. The first-order chi connectivity index (χ1) is 7.91.